The summed E-state index contributed by atoms with van der Waals surface area (Å²) in [5.74, 6) is 0.0947. The standard InChI is InChI=1S/C11H10N4O2S/c1-6(16)7-2-3-13-10(4-7)18-11-14-8(12)5-9(17)15-11/h2-5H,1H3,(H3,12,14,15,17). The van der Waals surface area contributed by atoms with Crippen LogP contribution >= 0.6 is 11.8 Å². The Morgan fingerprint density at radius 3 is 2.89 bits per heavy atom. The number of carbonyl (C=O) groups excluding carboxylic acids is 1. The maximum atomic E-state index is 11.2. The van der Waals surface area contributed by atoms with Crippen molar-refractivity contribution in [3.05, 3.63) is 40.3 Å². The first kappa shape index (κ1) is 12.3. The van der Waals surface area contributed by atoms with E-state index in [2.05, 4.69) is 15.0 Å². The van der Waals surface area contributed by atoms with Gasteiger partial charge in [0.25, 0.3) is 5.56 Å². The molecule has 2 aromatic rings. The third-order valence-electron chi connectivity index (χ3n) is 2.08. The zero-order valence-corrected chi connectivity index (χ0v) is 10.3. The van der Waals surface area contributed by atoms with Crippen LogP contribution in [0.2, 0.25) is 0 Å². The molecule has 0 spiro atoms. The fourth-order valence-electron chi connectivity index (χ4n) is 1.28. The molecule has 2 heterocycles. The number of nitrogen functional groups attached to an aromatic ring is 1. The van der Waals surface area contributed by atoms with Crippen LogP contribution in [0.3, 0.4) is 0 Å². The number of pyridine rings is 1. The topological polar surface area (TPSA) is 102 Å². The Kier molecular flexibility index (Phi) is 3.42. The number of rotatable bonds is 3. The van der Waals surface area contributed by atoms with Gasteiger partial charge >= 0.3 is 0 Å². The summed E-state index contributed by atoms with van der Waals surface area (Å²) in [6.07, 6.45) is 1.53. The quantitative estimate of drug-likeness (QED) is 0.634. The molecule has 0 unspecified atom stereocenters. The molecule has 0 aliphatic carbocycles. The summed E-state index contributed by atoms with van der Waals surface area (Å²) in [5, 5.41) is 0.907. The van der Waals surface area contributed by atoms with E-state index in [1.54, 1.807) is 12.1 Å². The normalized spacial score (nSPS) is 10.3. The van der Waals surface area contributed by atoms with E-state index in [-0.39, 0.29) is 17.2 Å². The Morgan fingerprint density at radius 1 is 1.44 bits per heavy atom. The monoisotopic (exact) mass is 262 g/mol. The van der Waals surface area contributed by atoms with Crippen LogP contribution in [0, 0.1) is 0 Å². The van der Waals surface area contributed by atoms with E-state index in [9.17, 15) is 9.59 Å². The first-order valence-electron chi connectivity index (χ1n) is 5.06. The lowest BCUT2D eigenvalue weighted by Crippen LogP contribution is -2.09. The second-order valence-corrected chi connectivity index (χ2v) is 4.53. The van der Waals surface area contributed by atoms with Crippen LogP contribution in [-0.4, -0.2) is 20.7 Å². The van der Waals surface area contributed by atoms with Crippen molar-refractivity contribution in [1.82, 2.24) is 15.0 Å². The Morgan fingerprint density at radius 2 is 2.22 bits per heavy atom. The number of H-pyrrole nitrogens is 1. The second kappa shape index (κ2) is 5.01. The minimum absolute atomic E-state index is 0.0479. The summed E-state index contributed by atoms with van der Waals surface area (Å²) in [7, 11) is 0. The van der Waals surface area contributed by atoms with E-state index in [4.69, 9.17) is 5.73 Å². The zero-order chi connectivity index (χ0) is 13.1. The van der Waals surface area contributed by atoms with Crippen molar-refractivity contribution < 1.29 is 4.79 Å². The van der Waals surface area contributed by atoms with Crippen LogP contribution in [0.15, 0.2) is 39.4 Å². The number of hydrogen-bond donors (Lipinski definition) is 2. The summed E-state index contributed by atoms with van der Waals surface area (Å²) in [6.45, 7) is 1.48. The number of aromatic amines is 1. The molecular weight excluding hydrogens is 252 g/mol. The number of hydrogen-bond acceptors (Lipinski definition) is 6. The maximum Gasteiger partial charge on any atom is 0.253 e. The second-order valence-electron chi connectivity index (χ2n) is 3.52. The molecule has 0 saturated carbocycles. The van der Waals surface area contributed by atoms with Gasteiger partial charge in [-0.3, -0.25) is 9.59 Å². The summed E-state index contributed by atoms with van der Waals surface area (Å²) >= 11 is 1.14. The molecule has 2 rings (SSSR count). The molecule has 0 atom stereocenters. The fraction of sp³-hybridized carbons (Fsp3) is 0.0909. The molecule has 6 nitrogen and oxygen atoms in total. The Hall–Kier alpha value is -2.15. The van der Waals surface area contributed by atoms with Crippen LogP contribution < -0.4 is 11.3 Å². The van der Waals surface area contributed by atoms with Gasteiger partial charge in [0.15, 0.2) is 10.9 Å². The van der Waals surface area contributed by atoms with Crippen molar-refractivity contribution in [2.24, 2.45) is 0 Å². The minimum Gasteiger partial charge on any atom is -0.383 e. The number of nitrogens with zero attached hydrogens (tertiary/aromatic N) is 2. The van der Waals surface area contributed by atoms with Crippen LogP contribution in [-0.2, 0) is 0 Å². The molecule has 2 aromatic heterocycles. The first-order valence-corrected chi connectivity index (χ1v) is 5.88. The number of Topliss-reactive ketones (excluding diaryl/α,β-unsaturated/α-hetero) is 1. The molecule has 0 aromatic carbocycles. The highest BCUT2D eigenvalue weighted by atomic mass is 32.2. The smallest absolute Gasteiger partial charge is 0.253 e. The van der Waals surface area contributed by atoms with Crippen molar-refractivity contribution in [2.75, 3.05) is 5.73 Å². The van der Waals surface area contributed by atoms with Gasteiger partial charge in [0.2, 0.25) is 0 Å². The number of ketones is 1. The van der Waals surface area contributed by atoms with Crippen LogP contribution in [0.25, 0.3) is 0 Å². The molecule has 0 aliphatic rings. The Bertz CT molecular complexity index is 653. The van der Waals surface area contributed by atoms with Crippen LogP contribution in [0.1, 0.15) is 17.3 Å². The van der Waals surface area contributed by atoms with Gasteiger partial charge in [0.1, 0.15) is 10.8 Å². The van der Waals surface area contributed by atoms with Gasteiger partial charge in [-0.2, -0.15) is 0 Å². The van der Waals surface area contributed by atoms with E-state index in [1.807, 2.05) is 0 Å². The first-order chi connectivity index (χ1) is 8.54. The molecule has 92 valence electrons. The SMILES string of the molecule is CC(=O)c1ccnc(Sc2nc(N)cc(=O)[nH]2)c1. The maximum absolute atomic E-state index is 11.2. The third kappa shape index (κ3) is 2.95. The van der Waals surface area contributed by atoms with Gasteiger partial charge in [0, 0.05) is 17.8 Å². The lowest BCUT2D eigenvalue weighted by molar-refractivity contribution is 0.101. The van der Waals surface area contributed by atoms with E-state index in [1.165, 1.54) is 19.2 Å². The molecule has 3 N–H and O–H groups in total. The minimum atomic E-state index is -0.326. The van der Waals surface area contributed by atoms with E-state index in [0.717, 1.165) is 11.8 Å². The molecular formula is C11H10N4O2S. The number of anilines is 1. The lowest BCUT2D eigenvalue weighted by Gasteiger charge is -2.02. The fourth-order valence-corrected chi connectivity index (χ4v) is 2.09. The average molecular weight is 262 g/mol. The summed E-state index contributed by atoms with van der Waals surface area (Å²) in [4.78, 5) is 33.0. The molecule has 0 radical (unpaired) electrons. The van der Waals surface area contributed by atoms with Crippen molar-refractivity contribution in [3.63, 3.8) is 0 Å². The number of nitrogens with one attached hydrogen (secondary N) is 1. The van der Waals surface area contributed by atoms with Crippen molar-refractivity contribution >= 4 is 23.4 Å². The zero-order valence-electron chi connectivity index (χ0n) is 9.51. The molecule has 18 heavy (non-hydrogen) atoms. The highest BCUT2D eigenvalue weighted by Gasteiger charge is 2.06. The van der Waals surface area contributed by atoms with Crippen molar-refractivity contribution in [1.29, 1.82) is 0 Å². The Balaban J connectivity index is 2.31. The summed E-state index contributed by atoms with van der Waals surface area (Å²) in [6, 6.07) is 4.46. The number of carbonyl (C=O) groups is 1. The third-order valence-corrected chi connectivity index (χ3v) is 2.90. The van der Waals surface area contributed by atoms with E-state index < -0.39 is 0 Å². The average Bonchev–Trinajstić information content (AvgIpc) is 2.27. The van der Waals surface area contributed by atoms with Crippen molar-refractivity contribution in [3.8, 4) is 0 Å². The van der Waals surface area contributed by atoms with Gasteiger partial charge in [-0.25, -0.2) is 9.97 Å². The molecule has 0 saturated heterocycles. The van der Waals surface area contributed by atoms with Gasteiger partial charge in [0.05, 0.1) is 0 Å². The van der Waals surface area contributed by atoms with Crippen molar-refractivity contribution in [2.45, 2.75) is 17.1 Å². The number of nitrogens with two attached hydrogens (primary N) is 1. The summed E-state index contributed by atoms with van der Waals surface area (Å²) in [5.41, 5.74) is 5.70. The molecule has 0 amide bonds. The van der Waals surface area contributed by atoms with Gasteiger partial charge in [-0.05, 0) is 30.8 Å². The van der Waals surface area contributed by atoms with E-state index in [0.29, 0.717) is 15.7 Å². The Labute approximate surface area is 107 Å². The predicted octanol–water partition coefficient (Wildman–Crippen LogP) is 1.10. The largest absolute Gasteiger partial charge is 0.383 e. The van der Waals surface area contributed by atoms with Gasteiger partial charge in [-0.15, -0.1) is 0 Å². The summed E-state index contributed by atoms with van der Waals surface area (Å²) < 4.78 is 0. The number of aromatic nitrogens is 3. The molecule has 0 bridgehead atoms. The lowest BCUT2D eigenvalue weighted by atomic mass is 10.2. The predicted molar refractivity (Wildman–Crippen MR) is 67.6 cm³/mol. The highest BCUT2D eigenvalue weighted by Crippen LogP contribution is 2.22. The van der Waals surface area contributed by atoms with Gasteiger partial charge in [-0.1, -0.05) is 0 Å². The van der Waals surface area contributed by atoms with Gasteiger partial charge < -0.3 is 10.7 Å². The molecule has 0 fully saturated rings. The van der Waals surface area contributed by atoms with Crippen LogP contribution in [0.4, 0.5) is 5.82 Å². The molecule has 0 aliphatic heterocycles. The highest BCUT2D eigenvalue weighted by molar-refractivity contribution is 7.99. The molecule has 7 heteroatoms. The van der Waals surface area contributed by atoms with E-state index >= 15 is 0 Å². The van der Waals surface area contributed by atoms with Crippen LogP contribution in [0.5, 0.6) is 0 Å².